The van der Waals surface area contributed by atoms with Crippen molar-refractivity contribution in [1.29, 1.82) is 0 Å². The van der Waals surface area contributed by atoms with Crippen molar-refractivity contribution >= 4 is 33.0 Å². The van der Waals surface area contributed by atoms with E-state index in [2.05, 4.69) is 10.5 Å². The van der Waals surface area contributed by atoms with Gasteiger partial charge in [-0.05, 0) is 66.6 Å². The second-order valence-corrected chi connectivity index (χ2v) is 9.26. The maximum Gasteiger partial charge on any atom is 0.339 e. The van der Waals surface area contributed by atoms with Gasteiger partial charge in [0.15, 0.2) is 11.5 Å². The number of carbonyl (C=O) groups is 1. The van der Waals surface area contributed by atoms with Gasteiger partial charge in [0.25, 0.3) is 5.91 Å². The third-order valence-electron chi connectivity index (χ3n) is 5.19. The number of ether oxygens (including phenoxy) is 1. The Kier molecular flexibility index (Phi) is 7.12. The first kappa shape index (κ1) is 24.0. The molecule has 4 aromatic rings. The van der Waals surface area contributed by atoms with Crippen LogP contribution in [0.2, 0.25) is 0 Å². The lowest BCUT2D eigenvalue weighted by Crippen LogP contribution is -2.17. The molecule has 0 fully saturated rings. The van der Waals surface area contributed by atoms with Gasteiger partial charge >= 0.3 is 10.1 Å². The molecular weight excluding hydrogens is 464 g/mol. The standard InChI is InChI=1S/C27H24N2O5S/c1-3-33-26-17-20(13-16-25(26)34-35(31,32)22-14-11-19(2)12-15-22)18-28-29-27(30)24-10-6-8-21-7-4-5-9-23(21)24/h4-18H,3H2,1-2H3,(H,29,30)/b28-18-. The van der Waals surface area contributed by atoms with E-state index in [4.69, 9.17) is 8.92 Å². The highest BCUT2D eigenvalue weighted by Gasteiger charge is 2.19. The van der Waals surface area contributed by atoms with Crippen LogP contribution in [0.4, 0.5) is 0 Å². The van der Waals surface area contributed by atoms with E-state index in [1.807, 2.05) is 43.3 Å². The summed E-state index contributed by atoms with van der Waals surface area (Å²) in [6.45, 7) is 3.96. The van der Waals surface area contributed by atoms with Gasteiger partial charge in [0.05, 0.1) is 12.8 Å². The molecule has 4 aromatic carbocycles. The van der Waals surface area contributed by atoms with Crippen molar-refractivity contribution < 1.29 is 22.1 Å². The largest absolute Gasteiger partial charge is 0.490 e. The first-order chi connectivity index (χ1) is 16.9. The molecule has 178 valence electrons. The summed E-state index contributed by atoms with van der Waals surface area (Å²) in [5.41, 5.74) is 4.58. The van der Waals surface area contributed by atoms with Crippen molar-refractivity contribution in [2.45, 2.75) is 18.7 Å². The quantitative estimate of drug-likeness (QED) is 0.212. The topological polar surface area (TPSA) is 94.1 Å². The number of hydrogen-bond acceptors (Lipinski definition) is 6. The predicted octanol–water partition coefficient (Wildman–Crippen LogP) is 5.08. The summed E-state index contributed by atoms with van der Waals surface area (Å²) in [6, 6.07) is 24.2. The lowest BCUT2D eigenvalue weighted by molar-refractivity contribution is 0.0956. The SMILES string of the molecule is CCOc1cc(/C=N\NC(=O)c2cccc3ccccc23)ccc1OS(=O)(=O)c1ccc(C)cc1. The summed E-state index contributed by atoms with van der Waals surface area (Å²) < 4.78 is 36.3. The van der Waals surface area contributed by atoms with E-state index in [1.165, 1.54) is 24.4 Å². The van der Waals surface area contributed by atoms with Crippen LogP contribution in [-0.4, -0.2) is 27.1 Å². The third kappa shape index (κ3) is 5.67. The van der Waals surface area contributed by atoms with Crippen molar-refractivity contribution in [3.63, 3.8) is 0 Å². The molecule has 1 N–H and O–H groups in total. The molecule has 0 saturated carbocycles. The van der Waals surface area contributed by atoms with E-state index in [0.717, 1.165) is 16.3 Å². The van der Waals surface area contributed by atoms with Gasteiger partial charge in [-0.2, -0.15) is 13.5 Å². The highest BCUT2D eigenvalue weighted by molar-refractivity contribution is 7.87. The average Bonchev–Trinajstić information content (AvgIpc) is 2.85. The Bertz CT molecular complexity index is 1490. The summed E-state index contributed by atoms with van der Waals surface area (Å²) >= 11 is 0. The van der Waals surface area contributed by atoms with Gasteiger partial charge in [0.2, 0.25) is 0 Å². The summed E-state index contributed by atoms with van der Waals surface area (Å²) in [4.78, 5) is 12.7. The van der Waals surface area contributed by atoms with Gasteiger partial charge in [0.1, 0.15) is 4.90 Å². The summed E-state index contributed by atoms with van der Waals surface area (Å²) in [5, 5.41) is 5.84. The Morgan fingerprint density at radius 1 is 0.943 bits per heavy atom. The fourth-order valence-corrected chi connectivity index (χ4v) is 4.40. The molecule has 0 aliphatic rings. The van der Waals surface area contributed by atoms with Crippen LogP contribution in [0, 0.1) is 6.92 Å². The zero-order valence-corrected chi connectivity index (χ0v) is 20.1. The molecule has 0 aliphatic heterocycles. The van der Waals surface area contributed by atoms with Gasteiger partial charge in [-0.15, -0.1) is 0 Å². The van der Waals surface area contributed by atoms with Crippen LogP contribution in [0.15, 0.2) is 94.9 Å². The predicted molar refractivity (Wildman–Crippen MR) is 136 cm³/mol. The number of carbonyl (C=O) groups excluding carboxylic acids is 1. The first-order valence-electron chi connectivity index (χ1n) is 11.0. The average molecular weight is 489 g/mol. The Labute approximate surface area is 204 Å². The molecule has 0 radical (unpaired) electrons. The van der Waals surface area contributed by atoms with Crippen molar-refractivity contribution in [1.82, 2.24) is 5.43 Å². The minimum atomic E-state index is -4.03. The van der Waals surface area contributed by atoms with Gasteiger partial charge in [0, 0.05) is 5.56 Å². The number of nitrogens with zero attached hydrogens (tertiary/aromatic N) is 1. The first-order valence-corrected chi connectivity index (χ1v) is 12.4. The van der Waals surface area contributed by atoms with Crippen LogP contribution in [0.25, 0.3) is 10.8 Å². The zero-order chi connectivity index (χ0) is 24.8. The molecular formula is C27H24N2O5S. The minimum Gasteiger partial charge on any atom is -0.490 e. The smallest absolute Gasteiger partial charge is 0.339 e. The van der Waals surface area contributed by atoms with Crippen molar-refractivity contribution in [3.8, 4) is 11.5 Å². The second-order valence-electron chi connectivity index (χ2n) is 7.72. The third-order valence-corrected chi connectivity index (χ3v) is 6.44. The fourth-order valence-electron chi connectivity index (χ4n) is 3.46. The number of nitrogens with one attached hydrogen (secondary N) is 1. The number of hydrogen-bond donors (Lipinski definition) is 1. The van der Waals surface area contributed by atoms with E-state index < -0.39 is 10.1 Å². The Balaban J connectivity index is 1.51. The maximum absolute atomic E-state index is 12.7. The van der Waals surface area contributed by atoms with E-state index in [0.29, 0.717) is 17.7 Å². The molecule has 0 spiro atoms. The van der Waals surface area contributed by atoms with Crippen LogP contribution >= 0.6 is 0 Å². The highest BCUT2D eigenvalue weighted by atomic mass is 32.2. The summed E-state index contributed by atoms with van der Waals surface area (Å²) in [6.07, 6.45) is 1.45. The molecule has 4 rings (SSSR count). The van der Waals surface area contributed by atoms with Crippen LogP contribution in [0.5, 0.6) is 11.5 Å². The molecule has 0 aromatic heterocycles. The molecule has 7 nitrogen and oxygen atoms in total. The van der Waals surface area contributed by atoms with Crippen molar-refractivity contribution in [3.05, 3.63) is 102 Å². The lowest BCUT2D eigenvalue weighted by Gasteiger charge is -2.12. The zero-order valence-electron chi connectivity index (χ0n) is 19.3. The van der Waals surface area contributed by atoms with Crippen LogP contribution in [0.1, 0.15) is 28.4 Å². The van der Waals surface area contributed by atoms with Gasteiger partial charge in [-0.3, -0.25) is 4.79 Å². The lowest BCUT2D eigenvalue weighted by atomic mass is 10.0. The van der Waals surface area contributed by atoms with Gasteiger partial charge in [-0.25, -0.2) is 5.43 Å². The molecule has 1 amide bonds. The number of fused-ring (bicyclic) bond motifs is 1. The second kappa shape index (κ2) is 10.4. The molecule has 0 saturated heterocycles. The molecule has 0 heterocycles. The highest BCUT2D eigenvalue weighted by Crippen LogP contribution is 2.31. The Morgan fingerprint density at radius 2 is 1.69 bits per heavy atom. The fraction of sp³-hybridized carbons (Fsp3) is 0.111. The number of amides is 1. The summed E-state index contributed by atoms with van der Waals surface area (Å²) in [7, 11) is -4.03. The van der Waals surface area contributed by atoms with E-state index in [1.54, 1.807) is 37.3 Å². The van der Waals surface area contributed by atoms with Gasteiger partial charge in [-0.1, -0.05) is 54.1 Å². The molecule has 8 heteroatoms. The van der Waals surface area contributed by atoms with Crippen molar-refractivity contribution in [2.75, 3.05) is 6.61 Å². The molecule has 35 heavy (non-hydrogen) atoms. The monoisotopic (exact) mass is 488 g/mol. The molecule has 0 bridgehead atoms. The normalized spacial score (nSPS) is 11.5. The van der Waals surface area contributed by atoms with E-state index in [9.17, 15) is 13.2 Å². The van der Waals surface area contributed by atoms with Crippen molar-refractivity contribution in [2.24, 2.45) is 5.10 Å². The molecule has 0 atom stereocenters. The number of aryl methyl sites for hydroxylation is 1. The summed E-state index contributed by atoms with van der Waals surface area (Å²) in [5.74, 6) is -0.0379. The number of benzene rings is 4. The minimum absolute atomic E-state index is 0.0485. The van der Waals surface area contributed by atoms with Crippen LogP contribution in [-0.2, 0) is 10.1 Å². The molecule has 0 unspecified atom stereocenters. The van der Waals surface area contributed by atoms with Crippen LogP contribution < -0.4 is 14.3 Å². The van der Waals surface area contributed by atoms with E-state index >= 15 is 0 Å². The van der Waals surface area contributed by atoms with Gasteiger partial charge < -0.3 is 8.92 Å². The number of hydrazone groups is 1. The number of rotatable bonds is 8. The Morgan fingerprint density at radius 3 is 2.46 bits per heavy atom. The van der Waals surface area contributed by atoms with E-state index in [-0.39, 0.29) is 22.3 Å². The molecule has 0 aliphatic carbocycles. The van der Waals surface area contributed by atoms with Crippen LogP contribution in [0.3, 0.4) is 0 Å². The Hall–Kier alpha value is -4.17. The maximum atomic E-state index is 12.7.